The van der Waals surface area contributed by atoms with Gasteiger partial charge in [0.15, 0.2) is 5.96 Å². The molecule has 1 atom stereocenters. The number of ether oxygens (including phenoxy) is 2. The molecule has 1 unspecified atom stereocenters. The van der Waals surface area contributed by atoms with E-state index in [1.165, 1.54) is 45.2 Å². The fourth-order valence-corrected chi connectivity index (χ4v) is 4.71. The van der Waals surface area contributed by atoms with E-state index in [4.69, 9.17) is 14.5 Å². The van der Waals surface area contributed by atoms with Crippen molar-refractivity contribution in [3.63, 3.8) is 0 Å². The summed E-state index contributed by atoms with van der Waals surface area (Å²) in [4.78, 5) is 7.42. The Labute approximate surface area is 171 Å². The monoisotopic (exact) mass is 394 g/mol. The van der Waals surface area contributed by atoms with Gasteiger partial charge in [-0.25, -0.2) is 0 Å². The van der Waals surface area contributed by atoms with Crippen molar-refractivity contribution >= 4 is 5.96 Å². The van der Waals surface area contributed by atoms with Crippen LogP contribution in [0.2, 0.25) is 0 Å². The number of hydrogen-bond acceptors (Lipinski definition) is 4. The SMILES string of the molecule is CCNC(=NCCCOCC1CCOCC1)NC1CCN(CC2CCCC2)C1. The van der Waals surface area contributed by atoms with Crippen LogP contribution in [0.25, 0.3) is 0 Å². The normalized spacial score (nSPS) is 25.5. The number of rotatable bonds is 10. The molecular formula is C22H42N4O2. The van der Waals surface area contributed by atoms with Crippen molar-refractivity contribution in [3.05, 3.63) is 0 Å². The van der Waals surface area contributed by atoms with Crippen molar-refractivity contribution in [3.8, 4) is 0 Å². The van der Waals surface area contributed by atoms with Crippen molar-refractivity contribution in [2.45, 2.75) is 64.3 Å². The molecule has 3 aliphatic rings. The summed E-state index contributed by atoms with van der Waals surface area (Å²) in [5, 5.41) is 7.06. The summed E-state index contributed by atoms with van der Waals surface area (Å²) in [6.45, 7) is 11.0. The first-order chi connectivity index (χ1) is 13.8. The van der Waals surface area contributed by atoms with Crippen LogP contribution in [0.4, 0.5) is 0 Å². The predicted molar refractivity (Wildman–Crippen MR) is 115 cm³/mol. The molecule has 28 heavy (non-hydrogen) atoms. The Morgan fingerprint density at radius 1 is 1.11 bits per heavy atom. The van der Waals surface area contributed by atoms with E-state index in [0.29, 0.717) is 12.0 Å². The molecule has 1 aliphatic carbocycles. The zero-order valence-corrected chi connectivity index (χ0v) is 18.0. The fraction of sp³-hybridized carbons (Fsp3) is 0.955. The molecule has 2 aliphatic heterocycles. The summed E-state index contributed by atoms with van der Waals surface area (Å²) in [6.07, 6.45) is 10.3. The standard InChI is InChI=1S/C22H42N4O2/c1-2-23-22(24-11-5-13-28-18-20-9-14-27-15-10-20)25-21-8-12-26(17-21)16-19-6-3-4-7-19/h19-21H,2-18H2,1H3,(H2,23,24,25). The highest BCUT2D eigenvalue weighted by molar-refractivity contribution is 5.80. The largest absolute Gasteiger partial charge is 0.381 e. The molecule has 0 spiro atoms. The molecule has 0 aromatic rings. The Bertz CT molecular complexity index is 448. The van der Waals surface area contributed by atoms with Crippen molar-refractivity contribution in [2.75, 3.05) is 59.2 Å². The summed E-state index contributed by atoms with van der Waals surface area (Å²) in [5.41, 5.74) is 0. The smallest absolute Gasteiger partial charge is 0.191 e. The molecular weight excluding hydrogens is 352 g/mol. The maximum absolute atomic E-state index is 5.85. The molecule has 6 nitrogen and oxygen atoms in total. The second-order valence-corrected chi connectivity index (χ2v) is 8.78. The number of nitrogens with one attached hydrogen (secondary N) is 2. The van der Waals surface area contributed by atoms with E-state index in [1.807, 2.05) is 0 Å². The van der Waals surface area contributed by atoms with Crippen LogP contribution in [0.3, 0.4) is 0 Å². The van der Waals surface area contributed by atoms with Gasteiger partial charge in [0.25, 0.3) is 0 Å². The third-order valence-electron chi connectivity index (χ3n) is 6.36. The molecule has 1 saturated carbocycles. The predicted octanol–water partition coefficient (Wildman–Crippen LogP) is 2.64. The minimum Gasteiger partial charge on any atom is -0.381 e. The lowest BCUT2D eigenvalue weighted by Gasteiger charge is -2.22. The molecule has 0 radical (unpaired) electrons. The van der Waals surface area contributed by atoms with Gasteiger partial charge in [0.2, 0.25) is 0 Å². The van der Waals surface area contributed by atoms with Crippen molar-refractivity contribution in [1.29, 1.82) is 0 Å². The quantitative estimate of drug-likeness (QED) is 0.339. The minimum atomic E-state index is 0.531. The van der Waals surface area contributed by atoms with Crippen molar-refractivity contribution < 1.29 is 9.47 Å². The highest BCUT2D eigenvalue weighted by Crippen LogP contribution is 2.26. The van der Waals surface area contributed by atoms with Gasteiger partial charge in [-0.3, -0.25) is 4.99 Å². The zero-order valence-electron chi connectivity index (χ0n) is 18.0. The fourth-order valence-electron chi connectivity index (χ4n) is 4.71. The molecule has 0 aromatic heterocycles. The van der Waals surface area contributed by atoms with E-state index in [2.05, 4.69) is 22.5 Å². The molecule has 3 fully saturated rings. The van der Waals surface area contributed by atoms with Gasteiger partial charge >= 0.3 is 0 Å². The Balaban J connectivity index is 1.29. The van der Waals surface area contributed by atoms with Crippen LogP contribution in [-0.2, 0) is 9.47 Å². The number of nitrogens with zero attached hydrogens (tertiary/aromatic N) is 2. The van der Waals surface area contributed by atoms with Crippen molar-refractivity contribution in [1.82, 2.24) is 15.5 Å². The molecule has 162 valence electrons. The highest BCUT2D eigenvalue weighted by atomic mass is 16.5. The highest BCUT2D eigenvalue weighted by Gasteiger charge is 2.26. The van der Waals surface area contributed by atoms with Gasteiger partial charge in [-0.05, 0) is 57.3 Å². The Morgan fingerprint density at radius 2 is 1.93 bits per heavy atom. The van der Waals surface area contributed by atoms with Crippen molar-refractivity contribution in [2.24, 2.45) is 16.8 Å². The molecule has 0 aromatic carbocycles. The maximum Gasteiger partial charge on any atom is 0.191 e. The first-order valence-corrected chi connectivity index (χ1v) is 11.8. The second kappa shape index (κ2) is 12.7. The Morgan fingerprint density at radius 3 is 2.71 bits per heavy atom. The number of aliphatic imine (C=N–C) groups is 1. The third kappa shape index (κ3) is 7.88. The molecule has 2 saturated heterocycles. The summed E-state index contributed by atoms with van der Waals surface area (Å²) >= 11 is 0. The molecule has 6 heteroatoms. The van der Waals surface area contributed by atoms with Crippen LogP contribution in [0.1, 0.15) is 58.3 Å². The molecule has 2 N–H and O–H groups in total. The van der Waals surface area contributed by atoms with Gasteiger partial charge in [-0.1, -0.05) is 12.8 Å². The van der Waals surface area contributed by atoms with Crippen LogP contribution >= 0.6 is 0 Å². The molecule has 2 heterocycles. The summed E-state index contributed by atoms with van der Waals surface area (Å²) in [6, 6.07) is 0.531. The second-order valence-electron chi connectivity index (χ2n) is 8.78. The van der Waals surface area contributed by atoms with Crippen LogP contribution in [-0.4, -0.2) is 76.1 Å². The minimum absolute atomic E-state index is 0.531. The van der Waals surface area contributed by atoms with Gasteiger partial charge < -0.3 is 25.0 Å². The van der Waals surface area contributed by atoms with E-state index in [-0.39, 0.29) is 0 Å². The van der Waals surface area contributed by atoms with Crippen LogP contribution in [0, 0.1) is 11.8 Å². The number of likely N-dealkylation sites (tertiary alicyclic amines) is 1. The van der Waals surface area contributed by atoms with E-state index in [0.717, 1.165) is 77.2 Å². The van der Waals surface area contributed by atoms with Gasteiger partial charge in [0.1, 0.15) is 0 Å². The first-order valence-electron chi connectivity index (χ1n) is 11.8. The summed E-state index contributed by atoms with van der Waals surface area (Å²) in [5.74, 6) is 2.60. The molecule has 3 rings (SSSR count). The number of hydrogen-bond donors (Lipinski definition) is 2. The third-order valence-corrected chi connectivity index (χ3v) is 6.36. The summed E-state index contributed by atoms with van der Waals surface area (Å²) < 4.78 is 11.3. The Kier molecular flexibility index (Phi) is 9.88. The van der Waals surface area contributed by atoms with Crippen LogP contribution < -0.4 is 10.6 Å². The Hall–Kier alpha value is -0.850. The van der Waals surface area contributed by atoms with E-state index >= 15 is 0 Å². The lowest BCUT2D eigenvalue weighted by atomic mass is 10.0. The van der Waals surface area contributed by atoms with Crippen LogP contribution in [0.5, 0.6) is 0 Å². The van der Waals surface area contributed by atoms with E-state index in [1.54, 1.807) is 0 Å². The molecule has 0 bridgehead atoms. The lowest BCUT2D eigenvalue weighted by molar-refractivity contribution is 0.0205. The number of guanidine groups is 1. The summed E-state index contributed by atoms with van der Waals surface area (Å²) in [7, 11) is 0. The van der Waals surface area contributed by atoms with E-state index in [9.17, 15) is 0 Å². The average Bonchev–Trinajstić information content (AvgIpc) is 3.38. The van der Waals surface area contributed by atoms with Crippen LogP contribution in [0.15, 0.2) is 4.99 Å². The van der Waals surface area contributed by atoms with Gasteiger partial charge in [0, 0.05) is 65.2 Å². The zero-order chi connectivity index (χ0) is 19.4. The van der Waals surface area contributed by atoms with E-state index < -0.39 is 0 Å². The maximum atomic E-state index is 5.85. The van der Waals surface area contributed by atoms with Gasteiger partial charge in [0.05, 0.1) is 0 Å². The average molecular weight is 395 g/mol. The van der Waals surface area contributed by atoms with Gasteiger partial charge in [-0.15, -0.1) is 0 Å². The lowest BCUT2D eigenvalue weighted by Crippen LogP contribution is -2.45. The first kappa shape index (κ1) is 21.8. The topological polar surface area (TPSA) is 58.1 Å². The van der Waals surface area contributed by atoms with Gasteiger partial charge in [-0.2, -0.15) is 0 Å². The molecule has 0 amide bonds.